The molecule has 1 heterocycles. The molecular formula is C13H8BrClN2. The van der Waals surface area contributed by atoms with Crippen molar-refractivity contribution >= 4 is 38.6 Å². The number of H-pyrrole nitrogens is 1. The lowest BCUT2D eigenvalue weighted by molar-refractivity contribution is 1.33. The summed E-state index contributed by atoms with van der Waals surface area (Å²) in [5.41, 5.74) is 2.92. The number of benzene rings is 2. The van der Waals surface area contributed by atoms with E-state index in [9.17, 15) is 0 Å². The van der Waals surface area contributed by atoms with E-state index in [2.05, 4.69) is 25.9 Å². The highest BCUT2D eigenvalue weighted by Crippen LogP contribution is 2.24. The molecule has 84 valence electrons. The molecule has 0 aliphatic heterocycles. The van der Waals surface area contributed by atoms with Crippen molar-refractivity contribution in [3.63, 3.8) is 0 Å². The third-order valence-electron chi connectivity index (χ3n) is 2.54. The van der Waals surface area contributed by atoms with Crippen LogP contribution in [-0.4, -0.2) is 9.97 Å². The van der Waals surface area contributed by atoms with E-state index in [4.69, 9.17) is 11.6 Å². The number of rotatable bonds is 1. The number of imidazole rings is 1. The van der Waals surface area contributed by atoms with Crippen LogP contribution in [0.15, 0.2) is 46.9 Å². The van der Waals surface area contributed by atoms with Crippen molar-refractivity contribution in [2.45, 2.75) is 0 Å². The lowest BCUT2D eigenvalue weighted by atomic mass is 10.2. The number of aromatic amines is 1. The molecule has 0 bridgehead atoms. The summed E-state index contributed by atoms with van der Waals surface area (Å²) >= 11 is 9.40. The molecule has 1 N–H and O–H groups in total. The van der Waals surface area contributed by atoms with Crippen molar-refractivity contribution in [1.82, 2.24) is 9.97 Å². The van der Waals surface area contributed by atoms with E-state index < -0.39 is 0 Å². The van der Waals surface area contributed by atoms with Crippen LogP contribution in [0.1, 0.15) is 0 Å². The van der Waals surface area contributed by atoms with Crippen LogP contribution in [0.3, 0.4) is 0 Å². The third kappa shape index (κ3) is 2.08. The summed E-state index contributed by atoms with van der Waals surface area (Å²) in [4.78, 5) is 7.79. The smallest absolute Gasteiger partial charge is 0.138 e. The molecule has 4 heteroatoms. The molecule has 0 unspecified atom stereocenters. The summed E-state index contributed by atoms with van der Waals surface area (Å²) < 4.78 is 1.04. The van der Waals surface area contributed by atoms with Crippen molar-refractivity contribution in [3.8, 4) is 11.4 Å². The Bertz CT molecular complexity index is 691. The topological polar surface area (TPSA) is 28.7 Å². The molecule has 3 aromatic rings. The van der Waals surface area contributed by atoms with Crippen LogP contribution in [0.4, 0.5) is 0 Å². The van der Waals surface area contributed by atoms with Crippen molar-refractivity contribution in [3.05, 3.63) is 52.0 Å². The van der Waals surface area contributed by atoms with Gasteiger partial charge in [-0.15, -0.1) is 0 Å². The summed E-state index contributed by atoms with van der Waals surface area (Å²) in [5.74, 6) is 0.851. The predicted molar refractivity (Wildman–Crippen MR) is 74.2 cm³/mol. The van der Waals surface area contributed by atoms with Crippen LogP contribution in [-0.2, 0) is 0 Å². The number of nitrogens with zero attached hydrogens (tertiary/aromatic N) is 1. The van der Waals surface area contributed by atoms with Crippen molar-refractivity contribution < 1.29 is 0 Å². The molecule has 0 radical (unpaired) electrons. The van der Waals surface area contributed by atoms with Gasteiger partial charge in [-0.3, -0.25) is 0 Å². The van der Waals surface area contributed by atoms with E-state index in [-0.39, 0.29) is 0 Å². The van der Waals surface area contributed by atoms with Gasteiger partial charge in [0.15, 0.2) is 0 Å². The maximum absolute atomic E-state index is 5.94. The highest BCUT2D eigenvalue weighted by atomic mass is 79.9. The molecule has 2 aromatic carbocycles. The van der Waals surface area contributed by atoms with Gasteiger partial charge in [0.1, 0.15) is 5.82 Å². The Hall–Kier alpha value is -1.32. The SMILES string of the molecule is Clc1ccc2nc(-c3cccc(Br)c3)[nH]c2c1. The van der Waals surface area contributed by atoms with E-state index in [1.165, 1.54) is 0 Å². The standard InChI is InChI=1S/C13H8BrClN2/c14-9-3-1-2-8(6-9)13-16-11-5-4-10(15)7-12(11)17-13/h1-7H,(H,16,17). The van der Waals surface area contributed by atoms with Crippen LogP contribution >= 0.6 is 27.5 Å². The van der Waals surface area contributed by atoms with Crippen LogP contribution in [0.5, 0.6) is 0 Å². The number of fused-ring (bicyclic) bond motifs is 1. The van der Waals surface area contributed by atoms with Gasteiger partial charge < -0.3 is 4.98 Å². The van der Waals surface area contributed by atoms with Gasteiger partial charge in [0, 0.05) is 15.1 Å². The molecular weight excluding hydrogens is 300 g/mol. The van der Waals surface area contributed by atoms with Gasteiger partial charge in [-0.05, 0) is 30.3 Å². The van der Waals surface area contributed by atoms with Gasteiger partial charge in [-0.2, -0.15) is 0 Å². The Labute approximate surface area is 112 Å². The second kappa shape index (κ2) is 4.17. The molecule has 0 spiro atoms. The number of aromatic nitrogens is 2. The summed E-state index contributed by atoms with van der Waals surface area (Å²) in [5, 5.41) is 0.710. The van der Waals surface area contributed by atoms with Crippen LogP contribution < -0.4 is 0 Å². The zero-order valence-corrected chi connectivity index (χ0v) is 11.1. The fraction of sp³-hybridized carbons (Fsp3) is 0. The minimum absolute atomic E-state index is 0.710. The molecule has 0 aliphatic carbocycles. The molecule has 0 atom stereocenters. The fourth-order valence-electron chi connectivity index (χ4n) is 1.75. The van der Waals surface area contributed by atoms with Crippen LogP contribution in [0.2, 0.25) is 5.02 Å². The summed E-state index contributed by atoms with van der Waals surface area (Å²) in [6.07, 6.45) is 0. The van der Waals surface area contributed by atoms with E-state index in [1.807, 2.05) is 42.5 Å². The van der Waals surface area contributed by atoms with Gasteiger partial charge in [0.05, 0.1) is 11.0 Å². The van der Waals surface area contributed by atoms with Gasteiger partial charge in [-0.1, -0.05) is 39.7 Å². The predicted octanol–water partition coefficient (Wildman–Crippen LogP) is 4.65. The van der Waals surface area contributed by atoms with Gasteiger partial charge in [0.2, 0.25) is 0 Å². The van der Waals surface area contributed by atoms with Crippen molar-refractivity contribution in [2.24, 2.45) is 0 Å². The maximum Gasteiger partial charge on any atom is 0.138 e. The fourth-order valence-corrected chi connectivity index (χ4v) is 2.33. The molecule has 0 aliphatic rings. The summed E-state index contributed by atoms with van der Waals surface area (Å²) in [7, 11) is 0. The first-order valence-electron chi connectivity index (χ1n) is 5.13. The van der Waals surface area contributed by atoms with Crippen LogP contribution in [0, 0.1) is 0 Å². The Morgan fingerprint density at radius 1 is 1.12 bits per heavy atom. The Kier molecular flexibility index (Phi) is 2.65. The van der Waals surface area contributed by atoms with E-state index in [0.717, 1.165) is 26.9 Å². The Morgan fingerprint density at radius 3 is 2.82 bits per heavy atom. The Balaban J connectivity index is 2.18. The van der Waals surface area contributed by atoms with Gasteiger partial charge in [0.25, 0.3) is 0 Å². The maximum atomic E-state index is 5.94. The highest BCUT2D eigenvalue weighted by molar-refractivity contribution is 9.10. The minimum Gasteiger partial charge on any atom is -0.338 e. The van der Waals surface area contributed by atoms with E-state index in [1.54, 1.807) is 0 Å². The van der Waals surface area contributed by atoms with Gasteiger partial charge in [-0.25, -0.2) is 4.98 Å². The lowest BCUT2D eigenvalue weighted by Gasteiger charge is -1.96. The summed E-state index contributed by atoms with van der Waals surface area (Å²) in [6.45, 7) is 0. The van der Waals surface area contributed by atoms with Crippen molar-refractivity contribution in [1.29, 1.82) is 0 Å². The molecule has 0 fully saturated rings. The first kappa shape index (κ1) is 10.8. The number of hydrogen-bond donors (Lipinski definition) is 1. The zero-order chi connectivity index (χ0) is 11.8. The monoisotopic (exact) mass is 306 g/mol. The number of hydrogen-bond acceptors (Lipinski definition) is 1. The molecule has 0 saturated heterocycles. The quantitative estimate of drug-likeness (QED) is 0.697. The van der Waals surface area contributed by atoms with Crippen molar-refractivity contribution in [2.75, 3.05) is 0 Å². The average molecular weight is 308 g/mol. The van der Waals surface area contributed by atoms with Gasteiger partial charge >= 0.3 is 0 Å². The number of nitrogens with one attached hydrogen (secondary N) is 1. The first-order valence-corrected chi connectivity index (χ1v) is 6.31. The molecule has 0 amide bonds. The van der Waals surface area contributed by atoms with Crippen LogP contribution in [0.25, 0.3) is 22.4 Å². The molecule has 0 saturated carbocycles. The summed E-state index contributed by atoms with van der Waals surface area (Å²) in [6, 6.07) is 13.7. The first-order chi connectivity index (χ1) is 8.22. The lowest BCUT2D eigenvalue weighted by Crippen LogP contribution is -1.79. The average Bonchev–Trinajstić information content (AvgIpc) is 2.72. The Morgan fingerprint density at radius 2 is 2.00 bits per heavy atom. The minimum atomic E-state index is 0.710. The molecule has 1 aromatic heterocycles. The molecule has 2 nitrogen and oxygen atoms in total. The largest absolute Gasteiger partial charge is 0.338 e. The highest BCUT2D eigenvalue weighted by Gasteiger charge is 2.05. The second-order valence-electron chi connectivity index (χ2n) is 3.76. The molecule has 17 heavy (non-hydrogen) atoms. The normalized spacial score (nSPS) is 10.9. The third-order valence-corrected chi connectivity index (χ3v) is 3.27. The molecule has 3 rings (SSSR count). The zero-order valence-electron chi connectivity index (χ0n) is 8.74. The van der Waals surface area contributed by atoms with E-state index in [0.29, 0.717) is 5.02 Å². The number of halogens is 2. The second-order valence-corrected chi connectivity index (χ2v) is 5.11. The van der Waals surface area contributed by atoms with E-state index >= 15 is 0 Å².